The van der Waals surface area contributed by atoms with Crippen molar-refractivity contribution in [2.75, 3.05) is 12.4 Å². The molecule has 0 amide bonds. The van der Waals surface area contributed by atoms with E-state index in [2.05, 4.69) is 21.2 Å². The smallest absolute Gasteiger partial charge is 0.133 e. The number of halogens is 2. The van der Waals surface area contributed by atoms with Crippen molar-refractivity contribution < 1.29 is 4.74 Å². The third-order valence-electron chi connectivity index (χ3n) is 2.57. The Kier molecular flexibility index (Phi) is 4.50. The van der Waals surface area contributed by atoms with E-state index in [1.165, 1.54) is 0 Å². The number of nitrogens with one attached hydrogen (secondary N) is 1. The van der Waals surface area contributed by atoms with E-state index in [1.807, 2.05) is 42.5 Å². The van der Waals surface area contributed by atoms with Gasteiger partial charge in [0.2, 0.25) is 0 Å². The molecule has 0 spiro atoms. The van der Waals surface area contributed by atoms with Crippen LogP contribution in [0.15, 0.2) is 46.9 Å². The molecule has 0 saturated heterocycles. The fourth-order valence-electron chi connectivity index (χ4n) is 1.62. The SMILES string of the molecule is COc1ccc(CNc2ccccc2Cl)cc1Br. The molecule has 0 heterocycles. The summed E-state index contributed by atoms with van der Waals surface area (Å²) in [4.78, 5) is 0. The van der Waals surface area contributed by atoms with E-state index in [9.17, 15) is 0 Å². The number of hydrogen-bond acceptors (Lipinski definition) is 2. The van der Waals surface area contributed by atoms with Crippen LogP contribution in [0.5, 0.6) is 5.75 Å². The molecule has 94 valence electrons. The maximum Gasteiger partial charge on any atom is 0.133 e. The second-order valence-electron chi connectivity index (χ2n) is 3.80. The molecule has 2 aromatic carbocycles. The quantitative estimate of drug-likeness (QED) is 0.877. The van der Waals surface area contributed by atoms with Gasteiger partial charge in [-0.3, -0.25) is 0 Å². The highest BCUT2D eigenvalue weighted by Crippen LogP contribution is 2.26. The topological polar surface area (TPSA) is 21.3 Å². The molecular weight excluding hydrogens is 314 g/mol. The van der Waals surface area contributed by atoms with E-state index < -0.39 is 0 Å². The van der Waals surface area contributed by atoms with Crippen LogP contribution < -0.4 is 10.1 Å². The van der Waals surface area contributed by atoms with Crippen LogP contribution in [0.25, 0.3) is 0 Å². The first-order chi connectivity index (χ1) is 8.70. The van der Waals surface area contributed by atoms with Crippen LogP contribution in [0.3, 0.4) is 0 Å². The minimum atomic E-state index is 0.715. The molecule has 0 saturated carbocycles. The molecule has 0 aliphatic carbocycles. The number of hydrogen-bond donors (Lipinski definition) is 1. The highest BCUT2D eigenvalue weighted by atomic mass is 79.9. The van der Waals surface area contributed by atoms with Crippen LogP contribution in [0, 0.1) is 0 Å². The molecule has 0 fully saturated rings. The first-order valence-electron chi connectivity index (χ1n) is 5.51. The minimum absolute atomic E-state index is 0.715. The van der Waals surface area contributed by atoms with Gasteiger partial charge in [0.1, 0.15) is 5.75 Å². The van der Waals surface area contributed by atoms with Gasteiger partial charge in [0, 0.05) is 6.54 Å². The second kappa shape index (κ2) is 6.12. The number of anilines is 1. The van der Waals surface area contributed by atoms with Crippen molar-refractivity contribution in [1.82, 2.24) is 0 Å². The summed E-state index contributed by atoms with van der Waals surface area (Å²) in [5.74, 6) is 0.830. The maximum absolute atomic E-state index is 6.08. The van der Waals surface area contributed by atoms with Crippen molar-refractivity contribution >= 4 is 33.2 Å². The van der Waals surface area contributed by atoms with Gasteiger partial charge in [-0.25, -0.2) is 0 Å². The lowest BCUT2D eigenvalue weighted by Gasteiger charge is -2.10. The number of methoxy groups -OCH3 is 1. The van der Waals surface area contributed by atoms with Gasteiger partial charge in [0.15, 0.2) is 0 Å². The van der Waals surface area contributed by atoms with Crippen LogP contribution in [-0.2, 0) is 6.54 Å². The van der Waals surface area contributed by atoms with E-state index >= 15 is 0 Å². The summed E-state index contributed by atoms with van der Waals surface area (Å²) in [6, 6.07) is 13.7. The van der Waals surface area contributed by atoms with Crippen LogP contribution >= 0.6 is 27.5 Å². The molecule has 0 unspecified atom stereocenters. The number of benzene rings is 2. The van der Waals surface area contributed by atoms with E-state index in [0.717, 1.165) is 26.5 Å². The highest BCUT2D eigenvalue weighted by molar-refractivity contribution is 9.10. The van der Waals surface area contributed by atoms with Crippen LogP contribution in [0.2, 0.25) is 5.02 Å². The van der Waals surface area contributed by atoms with E-state index in [1.54, 1.807) is 7.11 Å². The lowest BCUT2D eigenvalue weighted by atomic mass is 10.2. The van der Waals surface area contributed by atoms with Crippen LogP contribution in [0.4, 0.5) is 5.69 Å². The van der Waals surface area contributed by atoms with Gasteiger partial charge < -0.3 is 10.1 Å². The Morgan fingerprint density at radius 1 is 1.22 bits per heavy atom. The summed E-state index contributed by atoms with van der Waals surface area (Å²) < 4.78 is 6.14. The van der Waals surface area contributed by atoms with Crippen molar-refractivity contribution in [3.8, 4) is 5.75 Å². The lowest BCUT2D eigenvalue weighted by molar-refractivity contribution is 0.412. The summed E-state index contributed by atoms with van der Waals surface area (Å²) in [5, 5.41) is 4.03. The summed E-state index contributed by atoms with van der Waals surface area (Å²) in [5.41, 5.74) is 2.09. The van der Waals surface area contributed by atoms with E-state index in [0.29, 0.717) is 6.54 Å². The molecular formula is C14H13BrClNO. The summed E-state index contributed by atoms with van der Waals surface area (Å²) in [6.07, 6.45) is 0. The Hall–Kier alpha value is -1.19. The third kappa shape index (κ3) is 3.18. The van der Waals surface area contributed by atoms with Gasteiger partial charge in [0.25, 0.3) is 0 Å². The Morgan fingerprint density at radius 3 is 2.67 bits per heavy atom. The largest absolute Gasteiger partial charge is 0.496 e. The Balaban J connectivity index is 2.07. The summed E-state index contributed by atoms with van der Waals surface area (Å²) in [7, 11) is 1.65. The van der Waals surface area contributed by atoms with Crippen LogP contribution in [0.1, 0.15) is 5.56 Å². The van der Waals surface area contributed by atoms with Gasteiger partial charge in [-0.05, 0) is 45.8 Å². The summed E-state index contributed by atoms with van der Waals surface area (Å²) >= 11 is 9.55. The number of para-hydroxylation sites is 1. The molecule has 0 aliphatic heterocycles. The first-order valence-corrected chi connectivity index (χ1v) is 6.68. The van der Waals surface area contributed by atoms with Crippen molar-refractivity contribution in [3.63, 3.8) is 0 Å². The molecule has 2 rings (SSSR count). The van der Waals surface area contributed by atoms with Crippen molar-refractivity contribution in [2.45, 2.75) is 6.54 Å². The first kappa shape index (κ1) is 13.2. The van der Waals surface area contributed by atoms with Gasteiger partial charge in [0.05, 0.1) is 22.3 Å². The molecule has 2 nitrogen and oxygen atoms in total. The minimum Gasteiger partial charge on any atom is -0.496 e. The molecule has 0 radical (unpaired) electrons. The maximum atomic E-state index is 6.08. The standard InChI is InChI=1S/C14H13BrClNO/c1-18-14-7-6-10(8-11(14)15)9-17-13-5-3-2-4-12(13)16/h2-8,17H,9H2,1H3. The second-order valence-corrected chi connectivity index (χ2v) is 5.06. The van der Waals surface area contributed by atoms with E-state index in [-0.39, 0.29) is 0 Å². The molecule has 18 heavy (non-hydrogen) atoms. The van der Waals surface area contributed by atoms with Gasteiger partial charge in [-0.1, -0.05) is 29.8 Å². The molecule has 0 bridgehead atoms. The van der Waals surface area contributed by atoms with Crippen molar-refractivity contribution in [2.24, 2.45) is 0 Å². The zero-order chi connectivity index (χ0) is 13.0. The fourth-order valence-corrected chi connectivity index (χ4v) is 2.41. The molecule has 0 aliphatic rings. The Morgan fingerprint density at radius 2 is 2.00 bits per heavy atom. The molecule has 4 heteroatoms. The van der Waals surface area contributed by atoms with Crippen molar-refractivity contribution in [3.05, 3.63) is 57.5 Å². The number of ether oxygens (including phenoxy) is 1. The normalized spacial score (nSPS) is 10.2. The highest BCUT2D eigenvalue weighted by Gasteiger charge is 2.02. The van der Waals surface area contributed by atoms with Gasteiger partial charge in [-0.15, -0.1) is 0 Å². The monoisotopic (exact) mass is 325 g/mol. The van der Waals surface area contributed by atoms with Crippen molar-refractivity contribution in [1.29, 1.82) is 0 Å². The summed E-state index contributed by atoms with van der Waals surface area (Å²) in [6.45, 7) is 0.715. The van der Waals surface area contributed by atoms with E-state index in [4.69, 9.17) is 16.3 Å². The predicted molar refractivity (Wildman–Crippen MR) is 79.5 cm³/mol. The van der Waals surface area contributed by atoms with Crippen LogP contribution in [-0.4, -0.2) is 7.11 Å². The Labute approximate surface area is 120 Å². The zero-order valence-corrected chi connectivity index (χ0v) is 12.3. The van der Waals surface area contributed by atoms with Gasteiger partial charge in [-0.2, -0.15) is 0 Å². The molecule has 0 atom stereocenters. The third-order valence-corrected chi connectivity index (χ3v) is 3.52. The van der Waals surface area contributed by atoms with Gasteiger partial charge >= 0.3 is 0 Å². The molecule has 0 aromatic heterocycles. The average molecular weight is 327 g/mol. The zero-order valence-electron chi connectivity index (χ0n) is 9.91. The number of rotatable bonds is 4. The average Bonchev–Trinajstić information content (AvgIpc) is 2.38. The predicted octanol–water partition coefficient (Wildman–Crippen LogP) is 4.72. The molecule has 2 aromatic rings. The Bertz CT molecular complexity index is 545. The fraction of sp³-hybridized carbons (Fsp3) is 0.143. The molecule has 1 N–H and O–H groups in total. The lowest BCUT2D eigenvalue weighted by Crippen LogP contribution is -2.00.